The second kappa shape index (κ2) is 8.97. The molecule has 0 radical (unpaired) electrons. The topological polar surface area (TPSA) is 98.6 Å². The molecule has 3 heterocycles. The van der Waals surface area contributed by atoms with Gasteiger partial charge >= 0.3 is 0 Å². The lowest BCUT2D eigenvalue weighted by atomic mass is 9.60. The molecule has 9 nitrogen and oxygen atoms in total. The molecule has 0 bridgehead atoms. The van der Waals surface area contributed by atoms with Crippen molar-refractivity contribution in [3.63, 3.8) is 0 Å². The van der Waals surface area contributed by atoms with Crippen molar-refractivity contribution in [2.45, 2.75) is 18.9 Å². The van der Waals surface area contributed by atoms with Crippen LogP contribution in [0.2, 0.25) is 10.0 Å². The highest BCUT2D eigenvalue weighted by atomic mass is 35.5. The number of nitrogens with one attached hydrogen (secondary N) is 1. The molecule has 0 unspecified atom stereocenters. The number of carbonyl (C=O) groups is 1. The van der Waals surface area contributed by atoms with E-state index in [9.17, 15) is 9.59 Å². The Morgan fingerprint density at radius 1 is 1.19 bits per heavy atom. The number of carbonyl (C=O) groups excluding carboxylic acids is 1. The molecular weight excluding hydrogens is 505 g/mol. The summed E-state index contributed by atoms with van der Waals surface area (Å²) in [6.07, 6.45) is 4.48. The summed E-state index contributed by atoms with van der Waals surface area (Å²) in [7, 11) is 4.69. The molecule has 5 rings (SSSR count). The van der Waals surface area contributed by atoms with Crippen LogP contribution in [0.15, 0.2) is 35.8 Å². The van der Waals surface area contributed by atoms with Crippen LogP contribution in [0.5, 0.6) is 11.5 Å². The summed E-state index contributed by atoms with van der Waals surface area (Å²) in [6, 6.07) is 3.17. The largest absolute Gasteiger partial charge is 0.495 e. The maximum atomic E-state index is 14.1. The first-order valence-corrected chi connectivity index (χ1v) is 12.1. The number of nitrogens with zero attached hydrogens (tertiary/aromatic N) is 4. The predicted molar refractivity (Wildman–Crippen MR) is 139 cm³/mol. The number of ether oxygens (including phenoxy) is 2. The van der Waals surface area contributed by atoms with Gasteiger partial charge in [-0.1, -0.05) is 29.8 Å². The van der Waals surface area contributed by atoms with E-state index in [1.54, 1.807) is 34.8 Å². The van der Waals surface area contributed by atoms with Gasteiger partial charge in [0.1, 0.15) is 17.1 Å². The summed E-state index contributed by atoms with van der Waals surface area (Å²) in [5, 5.41) is 4.01. The number of methoxy groups -OCH3 is 2. The highest BCUT2D eigenvalue weighted by Crippen LogP contribution is 2.54. The zero-order valence-electron chi connectivity index (χ0n) is 20.1. The van der Waals surface area contributed by atoms with E-state index in [1.807, 2.05) is 0 Å². The molecule has 1 aromatic carbocycles. The van der Waals surface area contributed by atoms with Crippen molar-refractivity contribution in [2.24, 2.45) is 5.41 Å². The molecule has 2 fully saturated rings. The number of hydrogen-bond acceptors (Lipinski definition) is 7. The highest BCUT2D eigenvalue weighted by molar-refractivity contribution is 6.41. The van der Waals surface area contributed by atoms with Crippen LogP contribution in [0.1, 0.15) is 18.9 Å². The fourth-order valence-electron chi connectivity index (χ4n) is 5.31. The van der Waals surface area contributed by atoms with Crippen LogP contribution < -0.4 is 20.3 Å². The van der Waals surface area contributed by atoms with Crippen molar-refractivity contribution < 1.29 is 14.3 Å². The van der Waals surface area contributed by atoms with Crippen LogP contribution in [0.4, 0.5) is 5.95 Å². The summed E-state index contributed by atoms with van der Waals surface area (Å²) in [5.74, 6) is 1.01. The number of hydrogen-bond donors (Lipinski definition) is 1. The quantitative estimate of drug-likeness (QED) is 0.478. The third-order valence-electron chi connectivity index (χ3n) is 7.08. The Labute approximate surface area is 217 Å². The van der Waals surface area contributed by atoms with Gasteiger partial charge in [0.05, 0.1) is 29.8 Å². The van der Waals surface area contributed by atoms with E-state index in [0.717, 1.165) is 12.8 Å². The molecule has 1 spiro atoms. The average Bonchev–Trinajstić information content (AvgIpc) is 2.83. The Morgan fingerprint density at radius 2 is 1.83 bits per heavy atom. The molecule has 36 heavy (non-hydrogen) atoms. The van der Waals surface area contributed by atoms with E-state index in [4.69, 9.17) is 32.7 Å². The van der Waals surface area contributed by atoms with Crippen molar-refractivity contribution in [3.8, 4) is 22.6 Å². The molecule has 1 aliphatic carbocycles. The number of pyridine rings is 1. The molecule has 1 amide bonds. The standard InChI is InChI=1S/C25H25Cl2N5O4/c1-5-18(33)31-11-25(12-31)8-14(9-25)32-22-13(10-29-24(28-2)30-22)6-15(23(32)34)19-20(26)16(35-3)7-17(36-4)21(19)27/h5-7,10,14H,1,8-9,11-12H2,2-4H3,(H,28,29,30). The number of aromatic nitrogens is 3. The van der Waals surface area contributed by atoms with Crippen LogP contribution in [0, 0.1) is 5.41 Å². The summed E-state index contributed by atoms with van der Waals surface area (Å²) < 4.78 is 12.5. The fraction of sp³-hybridized carbons (Fsp3) is 0.360. The summed E-state index contributed by atoms with van der Waals surface area (Å²) in [5.41, 5.74) is 0.865. The molecule has 1 saturated heterocycles. The number of anilines is 1. The maximum absolute atomic E-state index is 14.1. The Kier molecular flexibility index (Phi) is 6.08. The molecule has 1 saturated carbocycles. The highest BCUT2D eigenvalue weighted by Gasteiger charge is 2.54. The second-order valence-electron chi connectivity index (χ2n) is 9.20. The average molecular weight is 530 g/mol. The van der Waals surface area contributed by atoms with E-state index in [-0.39, 0.29) is 33.0 Å². The Bertz CT molecular complexity index is 1430. The number of halogens is 2. The first kappa shape index (κ1) is 24.4. The first-order valence-electron chi connectivity index (χ1n) is 11.4. The minimum absolute atomic E-state index is 0.00154. The van der Waals surface area contributed by atoms with E-state index in [0.29, 0.717) is 52.7 Å². The number of amides is 1. The lowest BCUT2D eigenvalue weighted by Gasteiger charge is -2.59. The molecular formula is C25H25Cl2N5O4. The molecule has 188 valence electrons. The molecule has 1 N–H and O–H groups in total. The summed E-state index contributed by atoms with van der Waals surface area (Å²) >= 11 is 13.3. The molecule has 11 heteroatoms. The lowest BCUT2D eigenvalue weighted by Crippen LogP contribution is -2.64. The number of rotatable bonds is 6. The molecule has 2 aromatic heterocycles. The minimum atomic E-state index is -0.277. The van der Waals surface area contributed by atoms with Crippen molar-refractivity contribution in [1.82, 2.24) is 19.4 Å². The zero-order valence-corrected chi connectivity index (χ0v) is 21.6. The van der Waals surface area contributed by atoms with Gasteiger partial charge in [-0.15, -0.1) is 0 Å². The maximum Gasteiger partial charge on any atom is 0.260 e. The van der Waals surface area contributed by atoms with Crippen molar-refractivity contribution in [1.29, 1.82) is 0 Å². The van der Waals surface area contributed by atoms with Gasteiger partial charge in [0.15, 0.2) is 0 Å². The smallest absolute Gasteiger partial charge is 0.260 e. The van der Waals surface area contributed by atoms with Crippen LogP contribution in [-0.2, 0) is 4.79 Å². The minimum Gasteiger partial charge on any atom is -0.495 e. The van der Waals surface area contributed by atoms with Gasteiger partial charge in [0, 0.05) is 54.8 Å². The normalized spacial score (nSPS) is 16.4. The van der Waals surface area contributed by atoms with E-state index < -0.39 is 0 Å². The Morgan fingerprint density at radius 3 is 2.39 bits per heavy atom. The Balaban J connectivity index is 1.65. The molecule has 0 atom stereocenters. The van der Waals surface area contributed by atoms with Gasteiger partial charge in [-0.3, -0.25) is 14.2 Å². The third kappa shape index (κ3) is 3.69. The Hall–Kier alpha value is -3.30. The van der Waals surface area contributed by atoms with Gasteiger partial charge < -0.3 is 19.7 Å². The molecule has 2 aliphatic rings. The van der Waals surface area contributed by atoms with E-state index in [2.05, 4.69) is 21.9 Å². The van der Waals surface area contributed by atoms with Gasteiger partial charge in [0.25, 0.3) is 5.56 Å². The predicted octanol–water partition coefficient (Wildman–Crippen LogP) is 4.17. The van der Waals surface area contributed by atoms with Crippen LogP contribution in [0.3, 0.4) is 0 Å². The van der Waals surface area contributed by atoms with Gasteiger partial charge in [-0.05, 0) is 25.0 Å². The lowest BCUT2D eigenvalue weighted by molar-refractivity contribution is -0.148. The van der Waals surface area contributed by atoms with E-state index in [1.165, 1.54) is 20.3 Å². The van der Waals surface area contributed by atoms with E-state index >= 15 is 0 Å². The first-order chi connectivity index (χ1) is 17.3. The molecule has 3 aromatic rings. The van der Waals surface area contributed by atoms with Gasteiger partial charge in [0.2, 0.25) is 11.9 Å². The number of likely N-dealkylation sites (tertiary alicyclic amines) is 1. The van der Waals surface area contributed by atoms with Gasteiger partial charge in [-0.25, -0.2) is 4.98 Å². The SMILES string of the molecule is C=CC(=O)N1CC2(CC(n3c(=O)c(-c4c(Cl)c(OC)cc(OC)c4Cl)cc4cnc(NC)nc43)C2)C1. The summed E-state index contributed by atoms with van der Waals surface area (Å²) in [6.45, 7) is 4.87. The monoisotopic (exact) mass is 529 g/mol. The van der Waals surface area contributed by atoms with Crippen LogP contribution >= 0.6 is 23.2 Å². The van der Waals surface area contributed by atoms with Crippen LogP contribution in [0.25, 0.3) is 22.2 Å². The third-order valence-corrected chi connectivity index (χ3v) is 7.83. The van der Waals surface area contributed by atoms with Crippen molar-refractivity contribution in [3.05, 3.63) is 51.4 Å². The fourth-order valence-corrected chi connectivity index (χ4v) is 6.01. The van der Waals surface area contributed by atoms with Crippen molar-refractivity contribution >= 4 is 46.1 Å². The number of fused-ring (bicyclic) bond motifs is 1. The second-order valence-corrected chi connectivity index (χ2v) is 9.96. The van der Waals surface area contributed by atoms with Crippen molar-refractivity contribution in [2.75, 3.05) is 39.7 Å². The summed E-state index contributed by atoms with van der Waals surface area (Å²) in [4.78, 5) is 36.7. The van der Waals surface area contributed by atoms with Gasteiger partial charge in [-0.2, -0.15) is 4.98 Å². The van der Waals surface area contributed by atoms with Crippen LogP contribution in [-0.4, -0.2) is 59.7 Å². The molecule has 1 aliphatic heterocycles. The number of benzene rings is 1. The zero-order chi connectivity index (χ0) is 25.8.